The van der Waals surface area contributed by atoms with E-state index in [0.29, 0.717) is 11.6 Å². The smallest absolute Gasteiger partial charge is 0.100 e. The van der Waals surface area contributed by atoms with Gasteiger partial charge in [0.05, 0.1) is 29.5 Å². The van der Waals surface area contributed by atoms with E-state index in [9.17, 15) is 5.26 Å². The summed E-state index contributed by atoms with van der Waals surface area (Å²) in [6.45, 7) is 2.06. The highest BCUT2D eigenvalue weighted by Gasteiger charge is 2.18. The molecule has 0 saturated carbocycles. The largest absolute Gasteiger partial charge is 0.317 e. The maximum absolute atomic E-state index is 9.55. The van der Waals surface area contributed by atoms with Gasteiger partial charge in [-0.1, -0.05) is 23.9 Å². The number of pyridine rings is 1. The van der Waals surface area contributed by atoms with Gasteiger partial charge in [-0.3, -0.25) is 9.67 Å². The highest BCUT2D eigenvalue weighted by Crippen LogP contribution is 2.37. The molecule has 7 nitrogen and oxygen atoms in total. The van der Waals surface area contributed by atoms with Crippen molar-refractivity contribution in [3.8, 4) is 17.2 Å². The van der Waals surface area contributed by atoms with Crippen LogP contribution in [-0.4, -0.2) is 45.7 Å². The minimum absolute atomic E-state index is 0.433. The van der Waals surface area contributed by atoms with E-state index in [1.807, 2.05) is 53.6 Å². The number of aromatic nitrogens is 4. The molecule has 8 heteroatoms. The van der Waals surface area contributed by atoms with E-state index in [-0.39, 0.29) is 0 Å². The maximum Gasteiger partial charge on any atom is 0.100 e. The molecule has 4 aromatic rings. The number of piperidine rings is 1. The number of benzene rings is 1. The van der Waals surface area contributed by atoms with Crippen molar-refractivity contribution in [3.05, 3.63) is 66.2 Å². The summed E-state index contributed by atoms with van der Waals surface area (Å²) < 4.78 is 3.99. The number of nitrogens with zero attached hydrogens (tertiary/aromatic N) is 6. The van der Waals surface area contributed by atoms with Gasteiger partial charge in [-0.25, -0.2) is 4.52 Å². The quantitative estimate of drug-likeness (QED) is 0.470. The van der Waals surface area contributed by atoms with Crippen LogP contribution in [0, 0.1) is 11.3 Å². The lowest BCUT2D eigenvalue weighted by Crippen LogP contribution is -2.29. The van der Waals surface area contributed by atoms with Gasteiger partial charge in [0, 0.05) is 52.1 Å². The van der Waals surface area contributed by atoms with Crippen LogP contribution in [0.2, 0.25) is 0 Å². The predicted octanol–water partition coefficient (Wildman–Crippen LogP) is 4.19. The number of hydrogen-bond acceptors (Lipinski definition) is 6. The van der Waals surface area contributed by atoms with E-state index in [4.69, 9.17) is 0 Å². The van der Waals surface area contributed by atoms with E-state index in [0.717, 1.165) is 57.9 Å². The van der Waals surface area contributed by atoms with Crippen molar-refractivity contribution in [3.63, 3.8) is 0 Å². The molecule has 1 saturated heterocycles. The summed E-state index contributed by atoms with van der Waals surface area (Å²) >= 11 is 1.58. The Balaban J connectivity index is 1.59. The summed E-state index contributed by atoms with van der Waals surface area (Å²) in [7, 11) is 1.75. The topological polar surface area (TPSA) is 83.3 Å². The molecule has 1 N–H and O–H groups in total. The Hall–Kier alpha value is -3.41. The van der Waals surface area contributed by atoms with Crippen LogP contribution in [0.1, 0.15) is 30.0 Å². The lowest BCUT2D eigenvalue weighted by Gasteiger charge is -2.22. The number of aliphatic imine (C=N–C) groups is 1. The third-order valence-corrected chi connectivity index (χ3v) is 6.83. The zero-order valence-corrected chi connectivity index (χ0v) is 18.6. The molecule has 1 aliphatic heterocycles. The molecule has 1 aliphatic rings. The SMILES string of the molecule is CN=Cc1cnn2cc(-c3cnn(C4CCNCC4)c3)cc(Sc3ccccc3C#N)c12. The fraction of sp³-hybridized carbons (Fsp3) is 0.250. The van der Waals surface area contributed by atoms with Crippen molar-refractivity contribution >= 4 is 23.5 Å². The van der Waals surface area contributed by atoms with Gasteiger partial charge >= 0.3 is 0 Å². The molecular formula is C24H23N7S. The van der Waals surface area contributed by atoms with Crippen molar-refractivity contribution in [1.29, 1.82) is 5.26 Å². The lowest BCUT2D eigenvalue weighted by molar-refractivity contribution is 0.343. The molecule has 1 fully saturated rings. The summed E-state index contributed by atoms with van der Waals surface area (Å²) in [5, 5.41) is 22.2. The van der Waals surface area contributed by atoms with Crippen molar-refractivity contribution in [1.82, 2.24) is 24.7 Å². The summed E-state index contributed by atoms with van der Waals surface area (Å²) in [4.78, 5) is 6.12. The van der Waals surface area contributed by atoms with Crippen molar-refractivity contribution in [2.75, 3.05) is 20.1 Å². The highest BCUT2D eigenvalue weighted by molar-refractivity contribution is 7.99. The van der Waals surface area contributed by atoms with Crippen molar-refractivity contribution in [2.24, 2.45) is 4.99 Å². The second-order valence-corrected chi connectivity index (χ2v) is 8.86. The van der Waals surface area contributed by atoms with Gasteiger partial charge in [-0.05, 0) is 44.1 Å². The summed E-state index contributed by atoms with van der Waals surface area (Å²) in [5.41, 5.74) is 4.68. The molecule has 3 aromatic heterocycles. The molecule has 0 radical (unpaired) electrons. The zero-order valence-electron chi connectivity index (χ0n) is 17.8. The first kappa shape index (κ1) is 20.5. The normalized spacial score (nSPS) is 14.9. The monoisotopic (exact) mass is 441 g/mol. The minimum atomic E-state index is 0.433. The van der Waals surface area contributed by atoms with E-state index in [1.165, 1.54) is 0 Å². The Morgan fingerprint density at radius 2 is 1.97 bits per heavy atom. The van der Waals surface area contributed by atoms with E-state index >= 15 is 0 Å². The average molecular weight is 442 g/mol. The summed E-state index contributed by atoms with van der Waals surface area (Å²) in [6, 6.07) is 12.6. The van der Waals surface area contributed by atoms with Crippen LogP contribution < -0.4 is 5.32 Å². The standard InChI is InChI=1S/C24H23N7S/c1-26-12-19-13-29-31-15-18(20-14-28-30(16-20)21-6-8-27-9-7-21)10-23(24(19)31)32-22-5-3-2-4-17(22)11-25/h2-5,10,12-16,21,27H,6-9H2,1H3. The predicted molar refractivity (Wildman–Crippen MR) is 126 cm³/mol. The van der Waals surface area contributed by atoms with Gasteiger partial charge in [-0.2, -0.15) is 15.5 Å². The molecule has 0 spiro atoms. The molecule has 160 valence electrons. The number of fused-ring (bicyclic) bond motifs is 1. The number of nitrogens with one attached hydrogen (secondary N) is 1. The Morgan fingerprint density at radius 3 is 2.78 bits per heavy atom. The lowest BCUT2D eigenvalue weighted by atomic mass is 10.1. The molecule has 0 bridgehead atoms. The van der Waals surface area contributed by atoms with E-state index in [2.05, 4.69) is 43.5 Å². The fourth-order valence-electron chi connectivity index (χ4n) is 4.10. The Morgan fingerprint density at radius 1 is 1.12 bits per heavy atom. The van der Waals surface area contributed by atoms with Gasteiger partial charge in [-0.15, -0.1) is 0 Å². The first-order valence-electron chi connectivity index (χ1n) is 10.6. The van der Waals surface area contributed by atoms with Gasteiger partial charge in [0.15, 0.2) is 0 Å². The van der Waals surface area contributed by atoms with Crippen LogP contribution in [0.15, 0.2) is 69.9 Å². The second-order valence-electron chi connectivity index (χ2n) is 7.77. The molecule has 32 heavy (non-hydrogen) atoms. The van der Waals surface area contributed by atoms with Crippen LogP contribution in [0.3, 0.4) is 0 Å². The fourth-order valence-corrected chi connectivity index (χ4v) is 5.20. The van der Waals surface area contributed by atoms with Crippen molar-refractivity contribution in [2.45, 2.75) is 28.7 Å². The number of nitriles is 1. The van der Waals surface area contributed by atoms with Gasteiger partial charge in [0.25, 0.3) is 0 Å². The molecule has 4 heterocycles. The highest BCUT2D eigenvalue weighted by atomic mass is 32.2. The molecule has 0 unspecified atom stereocenters. The third-order valence-electron chi connectivity index (χ3n) is 5.72. The van der Waals surface area contributed by atoms with Gasteiger partial charge < -0.3 is 5.32 Å². The molecule has 0 aliphatic carbocycles. The summed E-state index contributed by atoms with van der Waals surface area (Å²) in [5.74, 6) is 0. The van der Waals surface area contributed by atoms with Crippen molar-refractivity contribution < 1.29 is 0 Å². The van der Waals surface area contributed by atoms with E-state index in [1.54, 1.807) is 18.8 Å². The molecule has 1 aromatic carbocycles. The number of rotatable bonds is 5. The summed E-state index contributed by atoms with van der Waals surface area (Å²) in [6.07, 6.45) is 11.9. The minimum Gasteiger partial charge on any atom is -0.317 e. The first-order valence-corrected chi connectivity index (χ1v) is 11.4. The van der Waals surface area contributed by atoms with Gasteiger partial charge in [0.1, 0.15) is 6.07 Å². The van der Waals surface area contributed by atoms with Gasteiger partial charge in [0.2, 0.25) is 0 Å². The molecular weight excluding hydrogens is 418 g/mol. The maximum atomic E-state index is 9.55. The Bertz CT molecular complexity index is 1320. The average Bonchev–Trinajstić information content (AvgIpc) is 3.48. The van der Waals surface area contributed by atoms with Crippen LogP contribution in [0.5, 0.6) is 0 Å². The van der Waals surface area contributed by atoms with Crippen LogP contribution in [-0.2, 0) is 0 Å². The second kappa shape index (κ2) is 8.99. The Labute approximate surface area is 190 Å². The number of hydrogen-bond donors (Lipinski definition) is 1. The van der Waals surface area contributed by atoms with E-state index < -0.39 is 0 Å². The van der Waals surface area contributed by atoms with Crippen LogP contribution >= 0.6 is 11.8 Å². The Kier molecular flexibility index (Phi) is 5.75. The molecule has 5 rings (SSSR count). The van der Waals surface area contributed by atoms with Crippen LogP contribution in [0.25, 0.3) is 16.6 Å². The third kappa shape index (κ3) is 3.93. The first-order chi connectivity index (χ1) is 15.8. The molecule has 0 amide bonds. The van der Waals surface area contributed by atoms with Crippen LogP contribution in [0.4, 0.5) is 0 Å². The zero-order chi connectivity index (χ0) is 21.9. The molecule has 0 atom stereocenters.